The van der Waals surface area contributed by atoms with Crippen molar-refractivity contribution in [3.63, 3.8) is 0 Å². The van der Waals surface area contributed by atoms with Crippen LogP contribution in [-0.4, -0.2) is 91.1 Å². The van der Waals surface area contributed by atoms with E-state index in [0.29, 0.717) is 6.61 Å². The molecule has 118 valence electrons. The van der Waals surface area contributed by atoms with Crippen LogP contribution in [0.5, 0.6) is 0 Å². The van der Waals surface area contributed by atoms with Crippen LogP contribution in [0.25, 0.3) is 0 Å². The summed E-state index contributed by atoms with van der Waals surface area (Å²) in [5.74, 6) is 0. The summed E-state index contributed by atoms with van der Waals surface area (Å²) in [5.41, 5.74) is 0. The molecule has 0 spiro atoms. The van der Waals surface area contributed by atoms with Gasteiger partial charge in [0.2, 0.25) is 0 Å². The van der Waals surface area contributed by atoms with E-state index in [4.69, 9.17) is 5.11 Å². The van der Waals surface area contributed by atoms with E-state index in [1.807, 2.05) is 42.3 Å². The number of nitrogens with zero attached hydrogens (tertiary/aromatic N) is 3. The molecule has 0 atom stereocenters. The number of halogens is 1. The van der Waals surface area contributed by atoms with Crippen molar-refractivity contribution in [2.75, 3.05) is 48.9 Å². The van der Waals surface area contributed by atoms with Gasteiger partial charge >= 0.3 is 23.1 Å². The van der Waals surface area contributed by atoms with Gasteiger partial charge in [0.15, 0.2) is 0 Å². The van der Waals surface area contributed by atoms with Crippen molar-refractivity contribution in [1.82, 2.24) is 14.0 Å². The zero-order valence-corrected chi connectivity index (χ0v) is 17.6. The van der Waals surface area contributed by atoms with Gasteiger partial charge in [-0.1, -0.05) is 19.8 Å². The monoisotopic (exact) mass is 373 g/mol. The van der Waals surface area contributed by atoms with Crippen molar-refractivity contribution >= 4 is 47.6 Å². The van der Waals surface area contributed by atoms with Gasteiger partial charge in [0, 0.05) is 6.61 Å². The largest absolute Gasteiger partial charge is 2.00 e. The number of hydrogen-bond donors (Lipinski definition) is 1. The first kappa shape index (κ1) is 28.5. The van der Waals surface area contributed by atoms with E-state index < -0.39 is 7.59 Å². The van der Waals surface area contributed by atoms with Gasteiger partial charge in [0.05, 0.1) is 0 Å². The Balaban J connectivity index is -0.0000000500. The summed E-state index contributed by atoms with van der Waals surface area (Å²) in [6.45, 7) is 2.48. The van der Waals surface area contributed by atoms with Crippen LogP contribution in [0.3, 0.4) is 0 Å². The fourth-order valence-corrected chi connectivity index (χ4v) is 3.58. The van der Waals surface area contributed by atoms with Crippen molar-refractivity contribution < 1.29 is 12.5 Å². The second kappa shape index (κ2) is 15.7. The molecule has 0 fully saturated rings. The minimum Gasteiger partial charge on any atom is -1.00 e. The summed E-state index contributed by atoms with van der Waals surface area (Å²) in [4.78, 5) is 0. The molecule has 0 rings (SSSR count). The quantitative estimate of drug-likeness (QED) is 0.439. The molecule has 0 aliphatic carbocycles. The fourth-order valence-electron chi connectivity index (χ4n) is 1.44. The molecule has 0 saturated carbocycles. The SMILES string of the molecule is Br.CCCCCO.CN(C)P(=O)(N(C)C)N(C)C.[H-].[H-].[Mg+2]. The van der Waals surface area contributed by atoms with E-state index in [9.17, 15) is 4.57 Å². The van der Waals surface area contributed by atoms with Crippen molar-refractivity contribution in [3.05, 3.63) is 0 Å². The van der Waals surface area contributed by atoms with Crippen molar-refractivity contribution in [2.24, 2.45) is 0 Å². The average Bonchev–Trinajstić information content (AvgIpc) is 2.24. The first-order chi connectivity index (χ1) is 7.74. The average molecular weight is 375 g/mol. The van der Waals surface area contributed by atoms with Crippen LogP contribution < -0.4 is 0 Å². The van der Waals surface area contributed by atoms with Crippen LogP contribution in [-0.2, 0) is 4.57 Å². The predicted molar refractivity (Wildman–Crippen MR) is 93.6 cm³/mol. The molecule has 19 heavy (non-hydrogen) atoms. The molecule has 5 nitrogen and oxygen atoms in total. The standard InChI is InChI=1S/C6H18N3OP.C5H12O.BrH.Mg.2H/c1-7(2)11(10,8(3)4)9(5)6;1-2-3-4-5-6;;;;/h1-6H3;6H,2-5H2,1H3;1H;;;/q;;;+2;2*-1. The van der Waals surface area contributed by atoms with Gasteiger partial charge in [0.25, 0.3) is 7.59 Å². The molecule has 1 N–H and O–H groups in total. The third-order valence-electron chi connectivity index (χ3n) is 2.32. The first-order valence-electron chi connectivity index (χ1n) is 5.99. The molecule has 0 aliphatic heterocycles. The Morgan fingerprint density at radius 1 is 0.947 bits per heavy atom. The number of unbranched alkanes of at least 4 members (excludes halogenated alkanes) is 2. The molecule has 0 aromatic heterocycles. The molecule has 0 aromatic carbocycles. The summed E-state index contributed by atoms with van der Waals surface area (Å²) in [6.07, 6.45) is 3.33. The van der Waals surface area contributed by atoms with E-state index in [1.54, 1.807) is 14.0 Å². The molecule has 0 heterocycles. The van der Waals surface area contributed by atoms with Gasteiger partial charge in [0.1, 0.15) is 0 Å². The number of aliphatic hydroxyl groups is 1. The zero-order valence-electron chi connectivity index (χ0n) is 15.6. The van der Waals surface area contributed by atoms with Crippen LogP contribution in [0.4, 0.5) is 0 Å². The Morgan fingerprint density at radius 2 is 1.26 bits per heavy atom. The first-order valence-corrected chi connectivity index (χ1v) is 7.55. The van der Waals surface area contributed by atoms with Crippen LogP contribution in [0.2, 0.25) is 0 Å². The zero-order chi connectivity index (χ0) is 14.1. The number of rotatable bonds is 6. The Morgan fingerprint density at radius 3 is 1.32 bits per heavy atom. The summed E-state index contributed by atoms with van der Waals surface area (Å²) in [6, 6.07) is 0. The predicted octanol–water partition coefficient (Wildman–Crippen LogP) is 2.37. The molecular formula is C11H33BrMgN3O2P. The third kappa shape index (κ3) is 11.6. The molecule has 0 amide bonds. The van der Waals surface area contributed by atoms with Crippen LogP contribution in [0.1, 0.15) is 29.0 Å². The van der Waals surface area contributed by atoms with E-state index in [1.165, 1.54) is 6.42 Å². The number of aliphatic hydroxyl groups excluding tert-OH is 1. The molecule has 0 bridgehead atoms. The molecule has 0 aromatic rings. The fraction of sp³-hybridized carbons (Fsp3) is 1.00. The number of hydrogen-bond acceptors (Lipinski definition) is 2. The van der Waals surface area contributed by atoms with Gasteiger partial charge in [-0.3, -0.25) is 4.57 Å². The van der Waals surface area contributed by atoms with Gasteiger partial charge in [-0.2, -0.15) is 0 Å². The van der Waals surface area contributed by atoms with E-state index >= 15 is 0 Å². The summed E-state index contributed by atoms with van der Waals surface area (Å²) < 4.78 is 17.3. The second-order valence-electron chi connectivity index (χ2n) is 4.49. The van der Waals surface area contributed by atoms with Crippen LogP contribution in [0, 0.1) is 0 Å². The minimum atomic E-state index is -2.44. The van der Waals surface area contributed by atoms with Crippen molar-refractivity contribution in [3.8, 4) is 0 Å². The summed E-state index contributed by atoms with van der Waals surface area (Å²) in [7, 11) is 8.49. The van der Waals surface area contributed by atoms with E-state index in [0.717, 1.165) is 12.8 Å². The summed E-state index contributed by atoms with van der Waals surface area (Å²) >= 11 is 0. The Kier molecular flexibility index (Phi) is 23.5. The minimum absolute atomic E-state index is 0. The normalized spacial score (nSPS) is 10.7. The maximum absolute atomic E-state index is 12.1. The van der Waals surface area contributed by atoms with Gasteiger partial charge in [-0.15, -0.1) is 17.0 Å². The van der Waals surface area contributed by atoms with Crippen LogP contribution >= 0.6 is 24.6 Å². The molecule has 0 radical (unpaired) electrons. The Hall–Kier alpha value is 1.32. The van der Waals surface area contributed by atoms with Gasteiger partial charge in [-0.05, 0) is 48.7 Å². The molecule has 0 saturated heterocycles. The molecular weight excluding hydrogens is 341 g/mol. The van der Waals surface area contributed by atoms with Crippen LogP contribution in [0.15, 0.2) is 0 Å². The maximum Gasteiger partial charge on any atom is 2.00 e. The third-order valence-corrected chi connectivity index (χ3v) is 5.45. The van der Waals surface area contributed by atoms with Gasteiger partial charge in [-0.25, -0.2) is 14.0 Å². The molecule has 8 heteroatoms. The molecule has 0 unspecified atom stereocenters. The second-order valence-corrected chi connectivity index (χ2v) is 7.91. The van der Waals surface area contributed by atoms with E-state index in [2.05, 4.69) is 6.92 Å². The summed E-state index contributed by atoms with van der Waals surface area (Å²) in [5, 5.41) is 8.20. The van der Waals surface area contributed by atoms with Crippen molar-refractivity contribution in [1.29, 1.82) is 0 Å². The smallest absolute Gasteiger partial charge is 1.00 e. The van der Waals surface area contributed by atoms with Gasteiger partial charge < -0.3 is 7.96 Å². The van der Waals surface area contributed by atoms with Crippen molar-refractivity contribution in [2.45, 2.75) is 26.2 Å². The Labute approximate surface area is 149 Å². The molecule has 0 aliphatic rings. The van der Waals surface area contributed by atoms with E-state index in [-0.39, 0.29) is 42.9 Å². The Bertz CT molecular complexity index is 209. The topological polar surface area (TPSA) is 47.0 Å². The maximum atomic E-state index is 12.1.